The van der Waals surface area contributed by atoms with Gasteiger partial charge in [0.25, 0.3) is 0 Å². The number of halogens is 1. The molecule has 0 fully saturated rings. The zero-order valence-electron chi connectivity index (χ0n) is 12.2. The summed E-state index contributed by atoms with van der Waals surface area (Å²) >= 11 is 0. The Bertz CT molecular complexity index is 567. The summed E-state index contributed by atoms with van der Waals surface area (Å²) in [5.41, 5.74) is 8.34. The number of anilines is 1. The van der Waals surface area contributed by atoms with E-state index in [9.17, 15) is 0 Å². The number of rotatable bonds is 4. The molecule has 0 spiro atoms. The third-order valence-electron chi connectivity index (χ3n) is 3.12. The molecule has 2 rings (SSSR count). The van der Waals surface area contributed by atoms with E-state index in [-0.39, 0.29) is 18.4 Å². The van der Waals surface area contributed by atoms with Gasteiger partial charge < -0.3 is 19.8 Å². The molecule has 20 heavy (non-hydrogen) atoms. The van der Waals surface area contributed by atoms with Crippen LogP contribution in [0.15, 0.2) is 34.7 Å². The van der Waals surface area contributed by atoms with Crippen molar-refractivity contribution in [3.05, 3.63) is 47.4 Å². The van der Waals surface area contributed by atoms with Gasteiger partial charge >= 0.3 is 0 Å². The van der Waals surface area contributed by atoms with Crippen LogP contribution in [0.5, 0.6) is 5.75 Å². The fraction of sp³-hybridized carbons (Fsp3) is 0.333. The second kappa shape index (κ2) is 6.68. The molecule has 0 saturated heterocycles. The van der Waals surface area contributed by atoms with Crippen LogP contribution in [-0.4, -0.2) is 21.2 Å². The lowest BCUT2D eigenvalue weighted by Crippen LogP contribution is -2.18. The fourth-order valence-corrected chi connectivity index (χ4v) is 2.07. The predicted octanol–water partition coefficient (Wildman–Crippen LogP) is 3.13. The lowest BCUT2D eigenvalue weighted by molar-refractivity contribution is 0.414. The lowest BCUT2D eigenvalue weighted by atomic mass is 10.0. The van der Waals surface area contributed by atoms with Crippen molar-refractivity contribution in [1.29, 1.82) is 0 Å². The minimum Gasteiger partial charge on any atom is -0.497 e. The van der Waals surface area contributed by atoms with E-state index in [1.807, 2.05) is 56.3 Å². The first kappa shape index (κ1) is 16.4. The predicted molar refractivity (Wildman–Crippen MR) is 84.0 cm³/mol. The second-order valence-electron chi connectivity index (χ2n) is 4.75. The average molecular weight is 297 g/mol. The number of ether oxygens (including phenoxy) is 1. The highest BCUT2D eigenvalue weighted by molar-refractivity contribution is 5.85. The van der Waals surface area contributed by atoms with E-state index in [4.69, 9.17) is 14.9 Å². The molecule has 1 heterocycles. The Balaban J connectivity index is 0.00000200. The van der Waals surface area contributed by atoms with Crippen LogP contribution < -0.4 is 15.4 Å². The Morgan fingerprint density at radius 3 is 2.40 bits per heavy atom. The number of furan rings is 1. The maximum Gasteiger partial charge on any atom is 0.125 e. The van der Waals surface area contributed by atoms with Gasteiger partial charge in [-0.05, 0) is 25.1 Å². The normalized spacial score (nSPS) is 11.7. The third-order valence-corrected chi connectivity index (χ3v) is 3.12. The van der Waals surface area contributed by atoms with Crippen LogP contribution in [-0.2, 0) is 0 Å². The first-order valence-electron chi connectivity index (χ1n) is 6.20. The summed E-state index contributed by atoms with van der Waals surface area (Å²) in [5, 5.41) is 0. The Morgan fingerprint density at radius 2 is 1.90 bits per heavy atom. The highest BCUT2D eigenvalue weighted by Crippen LogP contribution is 2.32. The van der Waals surface area contributed by atoms with Crippen LogP contribution in [0.25, 0.3) is 0 Å². The second-order valence-corrected chi connectivity index (χ2v) is 4.75. The lowest BCUT2D eigenvalue weighted by Gasteiger charge is -2.21. The molecule has 0 aliphatic rings. The average Bonchev–Trinajstić information content (AvgIpc) is 2.83. The largest absolute Gasteiger partial charge is 0.497 e. The van der Waals surface area contributed by atoms with E-state index in [1.165, 1.54) is 0 Å². The van der Waals surface area contributed by atoms with Gasteiger partial charge in [-0.1, -0.05) is 6.07 Å². The van der Waals surface area contributed by atoms with Crippen molar-refractivity contribution in [2.75, 3.05) is 26.1 Å². The van der Waals surface area contributed by atoms with Crippen molar-refractivity contribution in [2.45, 2.75) is 13.0 Å². The summed E-state index contributed by atoms with van der Waals surface area (Å²) in [6, 6.07) is 9.44. The molecule has 1 atom stereocenters. The molecular weight excluding hydrogens is 276 g/mol. The van der Waals surface area contributed by atoms with Gasteiger partial charge in [0.1, 0.15) is 17.3 Å². The number of aryl methyl sites for hydroxylation is 1. The van der Waals surface area contributed by atoms with Crippen molar-refractivity contribution in [3.63, 3.8) is 0 Å². The van der Waals surface area contributed by atoms with Gasteiger partial charge in [0.15, 0.2) is 0 Å². The van der Waals surface area contributed by atoms with Crippen LogP contribution in [0, 0.1) is 6.92 Å². The Labute approximate surface area is 125 Å². The minimum absolute atomic E-state index is 0. The summed E-state index contributed by atoms with van der Waals surface area (Å²) in [5.74, 6) is 2.45. The number of methoxy groups -OCH3 is 1. The van der Waals surface area contributed by atoms with Crippen molar-refractivity contribution in [2.24, 2.45) is 5.73 Å². The molecule has 0 radical (unpaired) electrons. The van der Waals surface area contributed by atoms with Gasteiger partial charge in [-0.3, -0.25) is 0 Å². The van der Waals surface area contributed by atoms with Gasteiger partial charge in [0.2, 0.25) is 0 Å². The number of benzene rings is 1. The molecule has 1 aromatic carbocycles. The maximum absolute atomic E-state index is 6.30. The number of hydrogen-bond donors (Lipinski definition) is 1. The molecule has 0 aliphatic heterocycles. The van der Waals surface area contributed by atoms with Crippen LogP contribution in [0.1, 0.15) is 23.1 Å². The summed E-state index contributed by atoms with van der Waals surface area (Å²) in [7, 11) is 5.63. The van der Waals surface area contributed by atoms with E-state index < -0.39 is 0 Å². The zero-order valence-corrected chi connectivity index (χ0v) is 13.0. The Hall–Kier alpha value is -1.65. The molecule has 0 aliphatic carbocycles. The maximum atomic E-state index is 6.30. The number of hydrogen-bond acceptors (Lipinski definition) is 4. The van der Waals surface area contributed by atoms with E-state index in [0.29, 0.717) is 0 Å². The first-order chi connectivity index (χ1) is 9.02. The standard InChI is InChI=1S/C15H20N2O2.ClH/c1-10-5-8-14(19-10)15(16)12-7-6-11(18-4)9-13(12)17(2)3;/h5-9,15H,16H2,1-4H3;1H. The van der Waals surface area contributed by atoms with Crippen LogP contribution in [0.3, 0.4) is 0 Å². The number of nitrogens with two attached hydrogens (primary N) is 1. The highest BCUT2D eigenvalue weighted by Gasteiger charge is 2.18. The van der Waals surface area contributed by atoms with E-state index in [0.717, 1.165) is 28.5 Å². The van der Waals surface area contributed by atoms with Crippen LogP contribution in [0.2, 0.25) is 0 Å². The molecule has 0 bridgehead atoms. The summed E-state index contributed by atoms with van der Waals surface area (Å²) in [6.45, 7) is 1.91. The summed E-state index contributed by atoms with van der Waals surface area (Å²) in [6.07, 6.45) is 0. The molecule has 1 aromatic heterocycles. The molecule has 2 N–H and O–H groups in total. The Kier molecular flexibility index (Phi) is 5.48. The smallest absolute Gasteiger partial charge is 0.125 e. The van der Waals surface area contributed by atoms with Gasteiger partial charge in [0.05, 0.1) is 13.2 Å². The first-order valence-corrected chi connectivity index (χ1v) is 6.20. The summed E-state index contributed by atoms with van der Waals surface area (Å²) < 4.78 is 10.9. The van der Waals surface area contributed by atoms with Crippen molar-refractivity contribution < 1.29 is 9.15 Å². The quantitative estimate of drug-likeness (QED) is 0.942. The Morgan fingerprint density at radius 1 is 1.20 bits per heavy atom. The molecule has 0 amide bonds. The SMILES string of the molecule is COc1ccc(C(N)c2ccc(C)o2)c(N(C)C)c1.Cl. The van der Waals surface area contributed by atoms with Crippen LogP contribution in [0.4, 0.5) is 5.69 Å². The third kappa shape index (κ3) is 3.26. The molecule has 1 unspecified atom stereocenters. The van der Waals surface area contributed by atoms with Gasteiger partial charge in [-0.25, -0.2) is 0 Å². The highest BCUT2D eigenvalue weighted by atomic mass is 35.5. The minimum atomic E-state index is -0.281. The van der Waals surface area contributed by atoms with Crippen LogP contribution >= 0.6 is 12.4 Å². The summed E-state index contributed by atoms with van der Waals surface area (Å²) in [4.78, 5) is 2.02. The van der Waals surface area contributed by atoms with E-state index >= 15 is 0 Å². The van der Waals surface area contributed by atoms with E-state index in [2.05, 4.69) is 0 Å². The zero-order chi connectivity index (χ0) is 14.0. The molecule has 2 aromatic rings. The number of nitrogens with zero attached hydrogens (tertiary/aromatic N) is 1. The topological polar surface area (TPSA) is 51.6 Å². The van der Waals surface area contributed by atoms with Gasteiger partial charge in [-0.15, -0.1) is 12.4 Å². The van der Waals surface area contributed by atoms with Crippen molar-refractivity contribution in [1.82, 2.24) is 0 Å². The van der Waals surface area contributed by atoms with Gasteiger partial charge in [-0.2, -0.15) is 0 Å². The molecule has 0 saturated carbocycles. The van der Waals surface area contributed by atoms with E-state index in [1.54, 1.807) is 7.11 Å². The van der Waals surface area contributed by atoms with Gasteiger partial charge in [0, 0.05) is 31.4 Å². The fourth-order valence-electron chi connectivity index (χ4n) is 2.07. The molecule has 5 heteroatoms. The monoisotopic (exact) mass is 296 g/mol. The molecule has 110 valence electrons. The van der Waals surface area contributed by atoms with Crippen molar-refractivity contribution in [3.8, 4) is 5.75 Å². The van der Waals surface area contributed by atoms with Crippen molar-refractivity contribution >= 4 is 18.1 Å². The molecular formula is C15H21ClN2O2. The molecule has 4 nitrogen and oxygen atoms in total.